The van der Waals surface area contributed by atoms with Crippen LogP contribution in [0.15, 0.2) is 24.3 Å². The molecule has 2 saturated heterocycles. The number of amides is 2. The fourth-order valence-electron chi connectivity index (χ4n) is 6.09. The fourth-order valence-corrected chi connectivity index (χ4v) is 7.44. The minimum absolute atomic E-state index is 0.00564. The SMILES string of the molecule is CCC1SCC(C(=O)N2CC3(C)CC2CC(C)(C)C3)N1C(=O)c1ccc(C)cc1. The van der Waals surface area contributed by atoms with Crippen LogP contribution < -0.4 is 0 Å². The van der Waals surface area contributed by atoms with Crippen molar-refractivity contribution in [2.75, 3.05) is 12.3 Å². The van der Waals surface area contributed by atoms with Crippen LogP contribution in [-0.2, 0) is 4.79 Å². The maximum absolute atomic E-state index is 13.7. The second kappa shape index (κ2) is 7.33. The Bertz CT molecular complexity index is 806. The molecule has 29 heavy (non-hydrogen) atoms. The smallest absolute Gasteiger partial charge is 0.255 e. The monoisotopic (exact) mass is 414 g/mol. The van der Waals surface area contributed by atoms with Crippen LogP contribution in [0, 0.1) is 17.8 Å². The Morgan fingerprint density at radius 1 is 1.14 bits per heavy atom. The highest BCUT2D eigenvalue weighted by Crippen LogP contribution is 2.53. The zero-order valence-corrected chi connectivity index (χ0v) is 19.2. The molecule has 2 bridgehead atoms. The van der Waals surface area contributed by atoms with Crippen LogP contribution in [0.1, 0.15) is 69.3 Å². The summed E-state index contributed by atoms with van der Waals surface area (Å²) in [5, 5.41) is 0.0757. The van der Waals surface area contributed by atoms with Crippen LogP contribution in [-0.4, -0.2) is 51.4 Å². The van der Waals surface area contributed by atoms with Gasteiger partial charge in [-0.1, -0.05) is 45.4 Å². The quantitative estimate of drug-likeness (QED) is 0.719. The molecule has 2 amide bonds. The fraction of sp³-hybridized carbons (Fsp3) is 0.667. The number of hydrogen-bond donors (Lipinski definition) is 0. The lowest BCUT2D eigenvalue weighted by molar-refractivity contribution is -0.136. The third-order valence-corrected chi connectivity index (χ3v) is 8.41. The predicted octanol–water partition coefficient (Wildman–Crippen LogP) is 4.72. The van der Waals surface area contributed by atoms with E-state index in [4.69, 9.17) is 0 Å². The number of benzene rings is 1. The van der Waals surface area contributed by atoms with Crippen molar-refractivity contribution in [3.8, 4) is 0 Å². The van der Waals surface area contributed by atoms with E-state index in [1.807, 2.05) is 36.1 Å². The number of nitrogens with zero attached hydrogens (tertiary/aromatic N) is 2. The number of aryl methyl sites for hydroxylation is 1. The van der Waals surface area contributed by atoms with Gasteiger partial charge in [0.1, 0.15) is 6.04 Å². The molecule has 158 valence electrons. The summed E-state index contributed by atoms with van der Waals surface area (Å²) in [5.41, 5.74) is 2.31. The van der Waals surface area contributed by atoms with Crippen molar-refractivity contribution < 1.29 is 9.59 Å². The molecule has 1 saturated carbocycles. The van der Waals surface area contributed by atoms with Crippen molar-refractivity contribution in [3.05, 3.63) is 35.4 Å². The minimum atomic E-state index is -0.343. The first-order chi connectivity index (χ1) is 13.6. The summed E-state index contributed by atoms with van der Waals surface area (Å²) in [4.78, 5) is 31.1. The Kier molecular flexibility index (Phi) is 5.25. The van der Waals surface area contributed by atoms with Gasteiger partial charge in [0.2, 0.25) is 5.91 Å². The average molecular weight is 415 g/mol. The highest BCUT2D eigenvalue weighted by molar-refractivity contribution is 8.00. The van der Waals surface area contributed by atoms with Crippen molar-refractivity contribution in [3.63, 3.8) is 0 Å². The van der Waals surface area contributed by atoms with Gasteiger partial charge in [-0.3, -0.25) is 9.59 Å². The molecule has 4 atom stereocenters. The second-order valence-corrected chi connectivity index (χ2v) is 11.7. The Morgan fingerprint density at radius 2 is 1.83 bits per heavy atom. The number of thioether (sulfide) groups is 1. The van der Waals surface area contributed by atoms with Crippen molar-refractivity contribution in [2.45, 2.75) is 77.8 Å². The molecule has 0 spiro atoms. The van der Waals surface area contributed by atoms with Crippen LogP contribution >= 0.6 is 11.8 Å². The molecule has 1 aromatic rings. The largest absolute Gasteiger partial charge is 0.337 e. The summed E-state index contributed by atoms with van der Waals surface area (Å²) >= 11 is 1.75. The van der Waals surface area contributed by atoms with E-state index >= 15 is 0 Å². The van der Waals surface area contributed by atoms with E-state index in [1.165, 1.54) is 6.42 Å². The molecule has 2 heterocycles. The average Bonchev–Trinajstić information content (AvgIpc) is 3.18. The lowest BCUT2D eigenvalue weighted by atomic mass is 9.65. The Balaban J connectivity index is 1.59. The zero-order valence-electron chi connectivity index (χ0n) is 18.4. The van der Waals surface area contributed by atoms with Crippen LogP contribution in [0.25, 0.3) is 0 Å². The molecule has 4 unspecified atom stereocenters. The first kappa shape index (κ1) is 20.8. The van der Waals surface area contributed by atoms with Gasteiger partial charge in [-0.05, 0) is 55.6 Å². The van der Waals surface area contributed by atoms with E-state index in [-0.39, 0.29) is 34.1 Å². The molecule has 0 N–H and O–H groups in total. The molecule has 0 aromatic heterocycles. The molecular formula is C24H34N2O2S. The van der Waals surface area contributed by atoms with Gasteiger partial charge in [-0.2, -0.15) is 0 Å². The molecule has 0 radical (unpaired) electrons. The number of likely N-dealkylation sites (tertiary alicyclic amines) is 1. The first-order valence-electron chi connectivity index (χ1n) is 10.9. The molecule has 3 aliphatic rings. The van der Waals surface area contributed by atoms with E-state index in [1.54, 1.807) is 11.8 Å². The van der Waals surface area contributed by atoms with Gasteiger partial charge in [0.25, 0.3) is 5.91 Å². The van der Waals surface area contributed by atoms with E-state index in [0.29, 0.717) is 17.4 Å². The number of rotatable bonds is 3. The number of fused-ring (bicyclic) bond motifs is 2. The molecule has 4 nitrogen and oxygen atoms in total. The lowest BCUT2D eigenvalue weighted by Gasteiger charge is -2.39. The predicted molar refractivity (Wildman–Crippen MR) is 119 cm³/mol. The molecule has 2 aliphatic heterocycles. The van der Waals surface area contributed by atoms with Crippen LogP contribution in [0.3, 0.4) is 0 Å². The molecule has 1 aliphatic carbocycles. The van der Waals surface area contributed by atoms with Gasteiger partial charge >= 0.3 is 0 Å². The standard InChI is InChI=1S/C24H34N2O2S/c1-6-20-26(21(27)17-9-7-16(2)8-10-17)19(13-29-20)22(28)25-15-24(5)12-18(25)11-23(3,4)14-24/h7-10,18-20H,6,11-15H2,1-5H3. The first-order valence-corrected chi connectivity index (χ1v) is 12.0. The maximum Gasteiger partial charge on any atom is 0.255 e. The van der Waals surface area contributed by atoms with Crippen LogP contribution in [0.2, 0.25) is 0 Å². The Labute approximate surface area is 179 Å². The van der Waals surface area contributed by atoms with E-state index in [0.717, 1.165) is 31.4 Å². The molecular weight excluding hydrogens is 380 g/mol. The summed E-state index contributed by atoms with van der Waals surface area (Å²) in [6.07, 6.45) is 4.20. The van der Waals surface area contributed by atoms with Gasteiger partial charge in [0.15, 0.2) is 0 Å². The molecule has 4 rings (SSSR count). The topological polar surface area (TPSA) is 40.6 Å². The van der Waals surface area contributed by atoms with Crippen molar-refractivity contribution in [1.82, 2.24) is 9.80 Å². The van der Waals surface area contributed by atoms with Gasteiger partial charge in [-0.25, -0.2) is 0 Å². The number of carbonyl (C=O) groups is 2. The van der Waals surface area contributed by atoms with Gasteiger partial charge in [-0.15, -0.1) is 11.8 Å². The van der Waals surface area contributed by atoms with Crippen LogP contribution in [0.5, 0.6) is 0 Å². The summed E-state index contributed by atoms with van der Waals surface area (Å²) < 4.78 is 0. The van der Waals surface area contributed by atoms with Gasteiger partial charge in [0.05, 0.1) is 5.37 Å². The molecule has 5 heteroatoms. The third kappa shape index (κ3) is 3.83. The molecule has 1 aromatic carbocycles. The van der Waals surface area contributed by atoms with Gasteiger partial charge in [0, 0.05) is 23.9 Å². The summed E-state index contributed by atoms with van der Waals surface area (Å²) in [5.74, 6) is 0.868. The Morgan fingerprint density at radius 3 is 2.48 bits per heavy atom. The summed E-state index contributed by atoms with van der Waals surface area (Å²) in [6, 6.07) is 7.70. The lowest BCUT2D eigenvalue weighted by Crippen LogP contribution is -2.52. The summed E-state index contributed by atoms with van der Waals surface area (Å²) in [7, 11) is 0. The number of carbonyl (C=O) groups excluding carboxylic acids is 2. The third-order valence-electron chi connectivity index (χ3n) is 6.96. The van der Waals surface area contributed by atoms with Crippen LogP contribution in [0.4, 0.5) is 0 Å². The van der Waals surface area contributed by atoms with Crippen molar-refractivity contribution >= 4 is 23.6 Å². The Hall–Kier alpha value is -1.49. The highest BCUT2D eigenvalue weighted by atomic mass is 32.2. The maximum atomic E-state index is 13.7. The van der Waals surface area contributed by atoms with Gasteiger partial charge < -0.3 is 9.80 Å². The number of hydrogen-bond acceptors (Lipinski definition) is 3. The van der Waals surface area contributed by atoms with Crippen molar-refractivity contribution in [1.29, 1.82) is 0 Å². The van der Waals surface area contributed by atoms with E-state index in [9.17, 15) is 9.59 Å². The summed E-state index contributed by atoms with van der Waals surface area (Å²) in [6.45, 7) is 12.0. The highest BCUT2D eigenvalue weighted by Gasteiger charge is 2.53. The van der Waals surface area contributed by atoms with E-state index in [2.05, 4.69) is 32.6 Å². The van der Waals surface area contributed by atoms with Crippen molar-refractivity contribution in [2.24, 2.45) is 10.8 Å². The molecule has 3 fully saturated rings. The van der Waals surface area contributed by atoms with E-state index < -0.39 is 0 Å². The normalized spacial score (nSPS) is 33.2. The minimum Gasteiger partial charge on any atom is -0.337 e. The zero-order chi connectivity index (χ0) is 21.0. The second-order valence-electron chi connectivity index (χ2n) is 10.5.